The van der Waals surface area contributed by atoms with Crippen molar-refractivity contribution in [2.75, 3.05) is 18.8 Å². The van der Waals surface area contributed by atoms with Crippen LogP contribution >= 0.6 is 27.7 Å². The predicted molar refractivity (Wildman–Crippen MR) is 129 cm³/mol. The van der Waals surface area contributed by atoms with Gasteiger partial charge in [-0.3, -0.25) is 4.99 Å². The molecule has 0 saturated heterocycles. The summed E-state index contributed by atoms with van der Waals surface area (Å²) in [5, 5.41) is 3.55. The fraction of sp³-hybridized carbons (Fsp3) is 0.458. The summed E-state index contributed by atoms with van der Waals surface area (Å²) < 4.78 is 0. The zero-order valence-corrected chi connectivity index (χ0v) is 19.4. The van der Waals surface area contributed by atoms with E-state index >= 15 is 0 Å². The molecule has 2 nitrogen and oxygen atoms in total. The lowest BCUT2D eigenvalue weighted by molar-refractivity contribution is 0.643. The molecule has 1 aliphatic carbocycles. The Balaban J connectivity index is 1.81. The molecule has 0 spiro atoms. The third-order valence-corrected chi connectivity index (χ3v) is 7.12. The van der Waals surface area contributed by atoms with Crippen LogP contribution < -0.4 is 5.32 Å². The Hall–Kier alpha value is -1.26. The average Bonchev–Trinajstić information content (AvgIpc) is 2.70. The minimum atomic E-state index is 0.419. The monoisotopic (exact) mass is 458 g/mol. The fourth-order valence-corrected chi connectivity index (χ4v) is 5.74. The van der Waals surface area contributed by atoms with Gasteiger partial charge in [0, 0.05) is 28.6 Å². The van der Waals surface area contributed by atoms with Gasteiger partial charge >= 0.3 is 0 Å². The first-order valence-electron chi connectivity index (χ1n) is 10.4. The van der Waals surface area contributed by atoms with Crippen molar-refractivity contribution in [1.29, 1.82) is 0 Å². The van der Waals surface area contributed by atoms with Crippen molar-refractivity contribution >= 4 is 38.4 Å². The van der Waals surface area contributed by atoms with Crippen LogP contribution in [0.2, 0.25) is 0 Å². The summed E-state index contributed by atoms with van der Waals surface area (Å²) in [5.41, 5.74) is 4.12. The summed E-state index contributed by atoms with van der Waals surface area (Å²) in [6.07, 6.45) is 13.6. The molecular formula is C24H31BrN2S. The molecular weight excluding hydrogens is 428 g/mol. The molecule has 3 rings (SSSR count). The molecule has 28 heavy (non-hydrogen) atoms. The number of nitrogens with one attached hydrogen (secondary N) is 1. The average molecular weight is 459 g/mol. The van der Waals surface area contributed by atoms with E-state index in [2.05, 4.69) is 83.7 Å². The number of hydrogen-bond acceptors (Lipinski definition) is 3. The summed E-state index contributed by atoms with van der Waals surface area (Å²) >= 11 is 5.86. The highest BCUT2D eigenvalue weighted by molar-refractivity contribution is 9.09. The van der Waals surface area contributed by atoms with Crippen LogP contribution in [0.25, 0.3) is 4.91 Å². The molecule has 1 aromatic carbocycles. The molecule has 1 aliphatic heterocycles. The number of allylic oxidation sites excluding steroid dienone is 4. The van der Waals surface area contributed by atoms with E-state index in [0.717, 1.165) is 50.4 Å². The van der Waals surface area contributed by atoms with E-state index in [0.29, 0.717) is 10.7 Å². The Kier molecular flexibility index (Phi) is 8.47. The molecule has 0 radical (unpaired) electrons. The molecule has 2 aliphatic rings. The van der Waals surface area contributed by atoms with Crippen LogP contribution in [0.15, 0.2) is 59.1 Å². The molecule has 0 bridgehead atoms. The number of halogens is 1. The number of aliphatic imine (C=N–C) groups is 1. The molecule has 1 heterocycles. The molecule has 1 aromatic rings. The first-order chi connectivity index (χ1) is 13.7. The maximum Gasteiger partial charge on any atom is 0.124 e. The maximum absolute atomic E-state index is 4.81. The minimum absolute atomic E-state index is 0.419. The standard InChI is InChI=1S/C24H31BrN2S/c1-3-9-23(21-12-6-4-10-18(21)2)28-17-19-16-20(25)11-5-7-13-22(19)24-26-14-8-15-27-24/h4-6,9-13,19-20H,3,7-8,14-17H2,1-2H3,(H,26,27)/b11-5-,22-13+,23-9+. The molecule has 2 atom stereocenters. The number of thioether (sulfide) groups is 1. The van der Waals surface area contributed by atoms with Crippen LogP contribution in [0.4, 0.5) is 0 Å². The zero-order valence-electron chi connectivity index (χ0n) is 17.0. The van der Waals surface area contributed by atoms with E-state index in [1.807, 2.05) is 11.8 Å². The van der Waals surface area contributed by atoms with E-state index in [4.69, 9.17) is 4.99 Å². The molecule has 0 fully saturated rings. The first-order valence-corrected chi connectivity index (χ1v) is 12.3. The van der Waals surface area contributed by atoms with Gasteiger partial charge in [-0.25, -0.2) is 0 Å². The lowest BCUT2D eigenvalue weighted by Crippen LogP contribution is -2.34. The van der Waals surface area contributed by atoms with Crippen molar-refractivity contribution in [3.63, 3.8) is 0 Å². The van der Waals surface area contributed by atoms with Gasteiger partial charge in [-0.05, 0) is 55.2 Å². The van der Waals surface area contributed by atoms with E-state index < -0.39 is 0 Å². The van der Waals surface area contributed by atoms with Crippen LogP contribution in [-0.4, -0.2) is 29.5 Å². The number of alkyl halides is 1. The third-order valence-electron chi connectivity index (χ3n) is 5.18. The quantitative estimate of drug-likeness (QED) is 0.387. The summed E-state index contributed by atoms with van der Waals surface area (Å²) in [6, 6.07) is 8.73. The summed E-state index contributed by atoms with van der Waals surface area (Å²) in [4.78, 5) is 6.63. The summed E-state index contributed by atoms with van der Waals surface area (Å²) in [6.45, 7) is 6.41. The highest BCUT2D eigenvalue weighted by Crippen LogP contribution is 2.36. The summed E-state index contributed by atoms with van der Waals surface area (Å²) in [7, 11) is 0. The summed E-state index contributed by atoms with van der Waals surface area (Å²) in [5.74, 6) is 2.68. The highest BCUT2D eigenvalue weighted by atomic mass is 79.9. The second-order valence-electron chi connectivity index (χ2n) is 7.39. The molecule has 4 heteroatoms. The van der Waals surface area contributed by atoms with E-state index in [-0.39, 0.29) is 0 Å². The maximum atomic E-state index is 4.81. The lowest BCUT2D eigenvalue weighted by atomic mass is 9.91. The number of benzene rings is 1. The van der Waals surface area contributed by atoms with Gasteiger partial charge in [-0.15, -0.1) is 11.8 Å². The van der Waals surface area contributed by atoms with Crippen LogP contribution in [0.3, 0.4) is 0 Å². The molecule has 1 N–H and O–H groups in total. The number of nitrogens with zero attached hydrogens (tertiary/aromatic N) is 1. The highest BCUT2D eigenvalue weighted by Gasteiger charge is 2.24. The van der Waals surface area contributed by atoms with E-state index in [9.17, 15) is 0 Å². The Labute approximate surface area is 182 Å². The van der Waals surface area contributed by atoms with Gasteiger partial charge in [0.25, 0.3) is 0 Å². The van der Waals surface area contributed by atoms with Crippen LogP contribution in [0.1, 0.15) is 43.7 Å². The van der Waals surface area contributed by atoms with Gasteiger partial charge in [-0.2, -0.15) is 0 Å². The van der Waals surface area contributed by atoms with Gasteiger partial charge < -0.3 is 5.32 Å². The van der Waals surface area contributed by atoms with Crippen molar-refractivity contribution in [3.8, 4) is 0 Å². The van der Waals surface area contributed by atoms with Crippen LogP contribution in [-0.2, 0) is 0 Å². The normalized spacial score (nSPS) is 26.3. The van der Waals surface area contributed by atoms with Gasteiger partial charge in [0.2, 0.25) is 0 Å². The first kappa shape index (κ1) is 21.4. The van der Waals surface area contributed by atoms with Crippen molar-refractivity contribution in [1.82, 2.24) is 5.32 Å². The van der Waals surface area contributed by atoms with Crippen molar-refractivity contribution in [2.24, 2.45) is 10.9 Å². The molecule has 0 amide bonds. The molecule has 0 aromatic heterocycles. The minimum Gasteiger partial charge on any atom is -0.370 e. The lowest BCUT2D eigenvalue weighted by Gasteiger charge is -2.27. The Morgan fingerprint density at radius 1 is 1.36 bits per heavy atom. The topological polar surface area (TPSA) is 24.4 Å². The van der Waals surface area contributed by atoms with Gasteiger partial charge in [0.15, 0.2) is 0 Å². The zero-order chi connectivity index (χ0) is 19.8. The number of rotatable bonds is 6. The smallest absolute Gasteiger partial charge is 0.124 e. The Morgan fingerprint density at radius 2 is 2.21 bits per heavy atom. The molecule has 0 saturated carbocycles. The number of amidine groups is 1. The van der Waals surface area contributed by atoms with Crippen LogP contribution in [0, 0.1) is 12.8 Å². The van der Waals surface area contributed by atoms with Crippen molar-refractivity contribution < 1.29 is 0 Å². The predicted octanol–water partition coefficient (Wildman–Crippen LogP) is 6.53. The SMILES string of the molecule is CC/C=C(/SCC1CC(Br)/C=C\C/C=C\1C1=NCCCN1)c1ccccc1C. The second kappa shape index (κ2) is 11.1. The van der Waals surface area contributed by atoms with Crippen molar-refractivity contribution in [2.45, 2.75) is 44.4 Å². The van der Waals surface area contributed by atoms with Gasteiger partial charge in [0.1, 0.15) is 5.84 Å². The van der Waals surface area contributed by atoms with E-state index in [1.54, 1.807) is 0 Å². The number of hydrogen-bond donors (Lipinski definition) is 1. The number of aryl methyl sites for hydroxylation is 1. The Morgan fingerprint density at radius 3 is 2.96 bits per heavy atom. The largest absolute Gasteiger partial charge is 0.370 e. The third kappa shape index (κ3) is 5.87. The van der Waals surface area contributed by atoms with Gasteiger partial charge in [-0.1, -0.05) is 71.4 Å². The second-order valence-corrected chi connectivity index (χ2v) is 9.62. The van der Waals surface area contributed by atoms with Gasteiger partial charge in [0.05, 0.1) is 0 Å². The van der Waals surface area contributed by atoms with Crippen molar-refractivity contribution in [3.05, 3.63) is 65.3 Å². The molecule has 2 unspecified atom stereocenters. The fourth-order valence-electron chi connectivity index (χ4n) is 3.71. The molecule has 150 valence electrons. The van der Waals surface area contributed by atoms with Crippen LogP contribution in [0.5, 0.6) is 0 Å². The van der Waals surface area contributed by atoms with E-state index in [1.165, 1.54) is 21.6 Å². The Bertz CT molecular complexity index is 779.